The number of alkyl halides is 3. The van der Waals surface area contributed by atoms with Gasteiger partial charge >= 0.3 is 6.18 Å². The maximum atomic E-state index is 13.6. The second kappa shape index (κ2) is 7.31. The van der Waals surface area contributed by atoms with Crippen LogP contribution >= 0.6 is 0 Å². The highest BCUT2D eigenvalue weighted by Crippen LogP contribution is 2.45. The average Bonchev–Trinajstić information content (AvgIpc) is 3.28. The van der Waals surface area contributed by atoms with E-state index in [1.54, 1.807) is 17.0 Å². The summed E-state index contributed by atoms with van der Waals surface area (Å²) in [5.74, 6) is 0.0273. The van der Waals surface area contributed by atoms with Crippen molar-refractivity contribution in [1.82, 2.24) is 19.6 Å². The van der Waals surface area contributed by atoms with Crippen molar-refractivity contribution in [3.8, 4) is 0 Å². The molecule has 0 radical (unpaired) electrons. The second-order valence-electron chi connectivity index (χ2n) is 8.30. The molecule has 11 heteroatoms. The Kier molecular flexibility index (Phi) is 4.71. The van der Waals surface area contributed by atoms with Crippen LogP contribution in [0.15, 0.2) is 28.9 Å². The summed E-state index contributed by atoms with van der Waals surface area (Å²) in [5, 5.41) is 7.17. The number of nitrogens with one attached hydrogen (secondary N) is 1. The van der Waals surface area contributed by atoms with Crippen molar-refractivity contribution in [3.63, 3.8) is 0 Å². The van der Waals surface area contributed by atoms with Crippen LogP contribution < -0.4 is 5.32 Å². The molecule has 2 aromatic rings. The average molecular weight is 437 g/mol. The van der Waals surface area contributed by atoms with Crippen LogP contribution in [0, 0.1) is 5.92 Å². The predicted octanol–water partition coefficient (Wildman–Crippen LogP) is 2.77. The predicted molar refractivity (Wildman–Crippen MR) is 103 cm³/mol. The zero-order valence-corrected chi connectivity index (χ0v) is 16.6. The van der Waals surface area contributed by atoms with Crippen molar-refractivity contribution in [3.05, 3.63) is 35.9 Å². The van der Waals surface area contributed by atoms with E-state index >= 15 is 0 Å². The van der Waals surface area contributed by atoms with Crippen LogP contribution in [0.4, 0.5) is 19.0 Å². The molecule has 0 spiro atoms. The molecule has 0 bridgehead atoms. The van der Waals surface area contributed by atoms with Crippen LogP contribution in [0.3, 0.4) is 0 Å². The third-order valence-corrected chi connectivity index (χ3v) is 6.22. The number of fused-ring (bicyclic) bond motifs is 1. The molecular weight excluding hydrogens is 415 g/mol. The van der Waals surface area contributed by atoms with Gasteiger partial charge in [-0.15, -0.1) is 0 Å². The minimum absolute atomic E-state index is 0.0148. The van der Waals surface area contributed by atoms with Gasteiger partial charge in [-0.1, -0.05) is 0 Å². The van der Waals surface area contributed by atoms with Gasteiger partial charge in [-0.3, -0.25) is 9.59 Å². The molecule has 166 valence electrons. The fourth-order valence-electron chi connectivity index (χ4n) is 4.35. The van der Waals surface area contributed by atoms with Gasteiger partial charge in [-0.2, -0.15) is 18.3 Å². The van der Waals surface area contributed by atoms with Gasteiger partial charge in [0, 0.05) is 38.3 Å². The fraction of sp³-hybridized carbons (Fsp3) is 0.550. The zero-order chi connectivity index (χ0) is 21.8. The maximum absolute atomic E-state index is 13.6. The van der Waals surface area contributed by atoms with Gasteiger partial charge in [-0.05, 0) is 37.3 Å². The topological polar surface area (TPSA) is 83.6 Å². The second-order valence-corrected chi connectivity index (χ2v) is 8.30. The standard InChI is InChI=1S/C20H22F3N5O3/c21-20(22,23)16-10-13(12-3-4-12)24-17-11-14(25-28(16)17)18(29)26-5-7-27(8-6-26)19(30)15-2-1-9-31-15/h1-2,9,11-13,16,24H,3-8,10H2/t13-,16+/m0/s1. The molecule has 2 atom stereocenters. The summed E-state index contributed by atoms with van der Waals surface area (Å²) in [6.07, 6.45) is -1.26. The molecule has 2 amide bonds. The SMILES string of the molecule is O=C(c1cc2n(n1)[C@@H](C(F)(F)F)C[C@@H](C1CC1)N2)N1CCN(C(=O)c2ccco2)CC1. The Balaban J connectivity index is 1.29. The molecule has 2 aliphatic heterocycles. The minimum atomic E-state index is -4.44. The highest BCUT2D eigenvalue weighted by atomic mass is 19.4. The number of furan rings is 1. The molecule has 1 N–H and O–H groups in total. The summed E-state index contributed by atoms with van der Waals surface area (Å²) < 4.78 is 47.0. The first-order valence-electron chi connectivity index (χ1n) is 10.4. The molecule has 2 fully saturated rings. The number of rotatable bonds is 3. The van der Waals surface area contributed by atoms with E-state index in [1.165, 1.54) is 17.2 Å². The third-order valence-electron chi connectivity index (χ3n) is 6.22. The summed E-state index contributed by atoms with van der Waals surface area (Å²) in [7, 11) is 0. The van der Waals surface area contributed by atoms with Gasteiger partial charge in [0.05, 0.1) is 6.26 Å². The summed E-state index contributed by atoms with van der Waals surface area (Å²) >= 11 is 0. The highest BCUT2D eigenvalue weighted by molar-refractivity contribution is 5.94. The molecule has 5 rings (SSSR count). The number of carbonyl (C=O) groups excluding carboxylic acids is 2. The Hall–Kier alpha value is -2.98. The first-order valence-corrected chi connectivity index (χ1v) is 10.4. The van der Waals surface area contributed by atoms with E-state index in [4.69, 9.17) is 4.42 Å². The van der Waals surface area contributed by atoms with Crippen LogP contribution in [-0.2, 0) is 0 Å². The lowest BCUT2D eigenvalue weighted by Crippen LogP contribution is -2.50. The molecule has 1 aliphatic carbocycles. The quantitative estimate of drug-likeness (QED) is 0.799. The van der Waals surface area contributed by atoms with Gasteiger partial charge in [0.15, 0.2) is 17.5 Å². The maximum Gasteiger partial charge on any atom is 0.410 e. The number of nitrogens with zero attached hydrogens (tertiary/aromatic N) is 4. The van der Waals surface area contributed by atoms with E-state index in [-0.39, 0.29) is 54.6 Å². The van der Waals surface area contributed by atoms with Crippen LogP contribution in [0.1, 0.15) is 46.3 Å². The van der Waals surface area contributed by atoms with E-state index in [2.05, 4.69) is 10.4 Å². The van der Waals surface area contributed by atoms with Crippen LogP contribution in [0.2, 0.25) is 0 Å². The molecule has 3 aliphatic rings. The van der Waals surface area contributed by atoms with E-state index in [9.17, 15) is 22.8 Å². The number of piperazine rings is 1. The molecule has 31 heavy (non-hydrogen) atoms. The highest BCUT2D eigenvalue weighted by Gasteiger charge is 2.49. The molecule has 1 saturated heterocycles. The Morgan fingerprint density at radius 3 is 2.35 bits per heavy atom. The van der Waals surface area contributed by atoms with E-state index < -0.39 is 18.1 Å². The number of carbonyl (C=O) groups is 2. The molecule has 2 aromatic heterocycles. The van der Waals surface area contributed by atoms with Crippen molar-refractivity contribution in [1.29, 1.82) is 0 Å². The Morgan fingerprint density at radius 2 is 1.77 bits per heavy atom. The lowest BCUT2D eigenvalue weighted by molar-refractivity contribution is -0.174. The van der Waals surface area contributed by atoms with Gasteiger partial charge in [0.1, 0.15) is 5.82 Å². The van der Waals surface area contributed by atoms with Crippen molar-refractivity contribution >= 4 is 17.6 Å². The van der Waals surface area contributed by atoms with Crippen LogP contribution in [0.25, 0.3) is 0 Å². The zero-order valence-electron chi connectivity index (χ0n) is 16.6. The van der Waals surface area contributed by atoms with Crippen molar-refractivity contribution < 1.29 is 27.2 Å². The lowest BCUT2D eigenvalue weighted by atomic mass is 10.0. The number of hydrogen-bond acceptors (Lipinski definition) is 5. The first-order chi connectivity index (χ1) is 14.8. The van der Waals surface area contributed by atoms with E-state index in [0.717, 1.165) is 17.5 Å². The molecule has 8 nitrogen and oxygen atoms in total. The fourth-order valence-corrected chi connectivity index (χ4v) is 4.35. The van der Waals surface area contributed by atoms with E-state index in [0.29, 0.717) is 13.1 Å². The minimum Gasteiger partial charge on any atom is -0.459 e. The normalized spacial score (nSPS) is 24.0. The van der Waals surface area contributed by atoms with Crippen molar-refractivity contribution in [2.45, 2.75) is 37.5 Å². The Morgan fingerprint density at radius 1 is 1.10 bits per heavy atom. The van der Waals surface area contributed by atoms with Crippen molar-refractivity contribution in [2.75, 3.05) is 31.5 Å². The molecule has 0 aromatic carbocycles. The Labute approximate surface area is 176 Å². The molecule has 1 saturated carbocycles. The van der Waals surface area contributed by atoms with Gasteiger partial charge in [0.2, 0.25) is 0 Å². The lowest BCUT2D eigenvalue weighted by Gasteiger charge is -2.34. The van der Waals surface area contributed by atoms with Crippen LogP contribution in [-0.4, -0.2) is 69.8 Å². The number of aromatic nitrogens is 2. The largest absolute Gasteiger partial charge is 0.459 e. The monoisotopic (exact) mass is 437 g/mol. The van der Waals surface area contributed by atoms with Crippen LogP contribution in [0.5, 0.6) is 0 Å². The number of anilines is 1. The smallest absolute Gasteiger partial charge is 0.410 e. The summed E-state index contributed by atoms with van der Waals surface area (Å²) in [6.45, 7) is 1.17. The number of halogens is 3. The Bertz CT molecular complexity index is 975. The molecular formula is C20H22F3N5O3. The summed E-state index contributed by atoms with van der Waals surface area (Å²) in [4.78, 5) is 28.4. The first kappa shape index (κ1) is 20.0. The molecule has 0 unspecified atom stereocenters. The summed E-state index contributed by atoms with van der Waals surface area (Å²) in [5.41, 5.74) is -0.0148. The summed E-state index contributed by atoms with van der Waals surface area (Å²) in [6, 6.07) is 2.63. The van der Waals surface area contributed by atoms with Gasteiger partial charge < -0.3 is 19.5 Å². The molecule has 4 heterocycles. The van der Waals surface area contributed by atoms with Crippen molar-refractivity contribution in [2.24, 2.45) is 5.92 Å². The van der Waals surface area contributed by atoms with Gasteiger partial charge in [0.25, 0.3) is 11.8 Å². The van der Waals surface area contributed by atoms with Gasteiger partial charge in [-0.25, -0.2) is 4.68 Å². The number of amides is 2. The third kappa shape index (κ3) is 3.77. The number of hydrogen-bond donors (Lipinski definition) is 1. The van der Waals surface area contributed by atoms with E-state index in [1.807, 2.05) is 0 Å².